The van der Waals surface area contributed by atoms with Gasteiger partial charge in [0.2, 0.25) is 10.3 Å². The molecule has 0 spiro atoms. The van der Waals surface area contributed by atoms with Crippen LogP contribution in [-0.4, -0.2) is 29.3 Å². The quantitative estimate of drug-likeness (QED) is 0.883. The zero-order chi connectivity index (χ0) is 17.1. The van der Waals surface area contributed by atoms with Crippen molar-refractivity contribution in [1.29, 1.82) is 0 Å². The molecule has 2 heterocycles. The summed E-state index contributed by atoms with van der Waals surface area (Å²) in [5.74, 6) is 0.281. The smallest absolute Gasteiger partial charge is 0.325 e. The molecule has 0 aliphatic carbocycles. The Labute approximate surface area is 144 Å². The number of nitrogens with one attached hydrogen (secondary N) is 2. The minimum atomic E-state index is -0.465. The lowest BCUT2D eigenvalue weighted by atomic mass is 10.0. The molecule has 2 N–H and O–H groups in total. The van der Waals surface area contributed by atoms with Crippen LogP contribution in [0.25, 0.3) is 0 Å². The van der Waals surface area contributed by atoms with Gasteiger partial charge in [0.15, 0.2) is 0 Å². The molecule has 128 valence electrons. The number of amides is 2. The van der Waals surface area contributed by atoms with Gasteiger partial charge >= 0.3 is 6.03 Å². The fourth-order valence-electron chi connectivity index (χ4n) is 2.69. The van der Waals surface area contributed by atoms with Gasteiger partial charge in [-0.3, -0.25) is 5.32 Å². The van der Waals surface area contributed by atoms with E-state index in [0.29, 0.717) is 22.3 Å². The van der Waals surface area contributed by atoms with Gasteiger partial charge in [0.25, 0.3) is 0 Å². The summed E-state index contributed by atoms with van der Waals surface area (Å²) in [6.07, 6.45) is 2.37. The first-order valence-electron chi connectivity index (χ1n) is 7.94. The van der Waals surface area contributed by atoms with E-state index < -0.39 is 6.03 Å². The summed E-state index contributed by atoms with van der Waals surface area (Å²) in [6, 6.07) is 4.09. The number of hydrogen-bond acceptors (Lipinski definition) is 5. The number of anilines is 3. The van der Waals surface area contributed by atoms with Gasteiger partial charge < -0.3 is 10.2 Å². The first-order valence-corrected chi connectivity index (χ1v) is 8.75. The Morgan fingerprint density at radius 1 is 1.38 bits per heavy atom. The summed E-state index contributed by atoms with van der Waals surface area (Å²) >= 11 is 1.34. The average Bonchev–Trinajstić information content (AvgIpc) is 2.99. The van der Waals surface area contributed by atoms with Crippen LogP contribution < -0.4 is 15.5 Å². The van der Waals surface area contributed by atoms with Gasteiger partial charge in [-0.25, -0.2) is 9.18 Å². The number of aromatic nitrogens is 2. The normalized spacial score (nSPS) is 17.6. The lowest BCUT2D eigenvalue weighted by Gasteiger charge is -2.29. The predicted octanol–water partition coefficient (Wildman–Crippen LogP) is 3.87. The molecular weight excluding hydrogens is 329 g/mol. The molecule has 1 atom stereocenters. The van der Waals surface area contributed by atoms with Crippen LogP contribution in [0.5, 0.6) is 0 Å². The minimum Gasteiger partial charge on any atom is -0.346 e. The third-order valence-electron chi connectivity index (χ3n) is 3.99. The summed E-state index contributed by atoms with van der Waals surface area (Å²) < 4.78 is 13.5. The van der Waals surface area contributed by atoms with Crippen molar-refractivity contribution in [3.05, 3.63) is 29.6 Å². The molecule has 6 nitrogen and oxygen atoms in total. The number of rotatable bonds is 3. The van der Waals surface area contributed by atoms with Crippen LogP contribution in [0.3, 0.4) is 0 Å². The molecular formula is C16H20FN5OS. The van der Waals surface area contributed by atoms with Crippen molar-refractivity contribution in [2.75, 3.05) is 28.6 Å². The highest BCUT2D eigenvalue weighted by Gasteiger charge is 2.20. The van der Waals surface area contributed by atoms with Gasteiger partial charge in [0.05, 0.1) is 0 Å². The van der Waals surface area contributed by atoms with Gasteiger partial charge in [-0.2, -0.15) is 0 Å². The Morgan fingerprint density at radius 3 is 2.96 bits per heavy atom. The van der Waals surface area contributed by atoms with Crippen molar-refractivity contribution in [3.8, 4) is 0 Å². The molecule has 2 aromatic rings. The average molecular weight is 349 g/mol. The summed E-state index contributed by atoms with van der Waals surface area (Å²) in [4.78, 5) is 14.2. The Morgan fingerprint density at radius 2 is 2.21 bits per heavy atom. The maximum absolute atomic E-state index is 13.5. The number of piperidine rings is 1. The third-order valence-corrected chi connectivity index (χ3v) is 4.89. The second kappa shape index (κ2) is 7.12. The van der Waals surface area contributed by atoms with E-state index in [1.165, 1.54) is 23.8 Å². The number of benzene rings is 1. The Balaban J connectivity index is 1.59. The molecule has 1 aromatic heterocycles. The van der Waals surface area contributed by atoms with Crippen molar-refractivity contribution >= 4 is 33.3 Å². The topological polar surface area (TPSA) is 70.1 Å². The highest BCUT2D eigenvalue weighted by molar-refractivity contribution is 7.19. The number of nitrogens with zero attached hydrogens (tertiary/aromatic N) is 3. The van der Waals surface area contributed by atoms with E-state index in [1.54, 1.807) is 19.1 Å². The van der Waals surface area contributed by atoms with E-state index in [9.17, 15) is 9.18 Å². The molecule has 24 heavy (non-hydrogen) atoms. The molecule has 0 unspecified atom stereocenters. The van der Waals surface area contributed by atoms with Crippen LogP contribution in [0.1, 0.15) is 25.3 Å². The molecule has 1 fully saturated rings. The van der Waals surface area contributed by atoms with Crippen molar-refractivity contribution in [1.82, 2.24) is 10.2 Å². The highest BCUT2D eigenvalue weighted by Crippen LogP contribution is 2.28. The molecule has 2 amide bonds. The summed E-state index contributed by atoms with van der Waals surface area (Å²) in [5, 5.41) is 14.6. The third kappa shape index (κ3) is 4.00. The lowest BCUT2D eigenvalue weighted by molar-refractivity contribution is 0.262. The Bertz CT molecular complexity index is 735. The predicted molar refractivity (Wildman–Crippen MR) is 94.3 cm³/mol. The van der Waals surface area contributed by atoms with Crippen molar-refractivity contribution in [3.63, 3.8) is 0 Å². The SMILES string of the molecule is Cc1ccc(NC(=O)Nc2nnc(N3CCC[C@@H](C)C3)s2)cc1F. The standard InChI is InChI=1S/C16H20FN5OS/c1-10-4-3-7-22(9-10)16-21-20-15(24-16)19-14(23)18-12-6-5-11(2)13(17)8-12/h5-6,8,10H,3-4,7,9H2,1-2H3,(H2,18,19,20,23)/t10-/m1/s1. The van der Waals surface area contributed by atoms with Crippen LogP contribution in [0.4, 0.5) is 25.1 Å². The second-order valence-electron chi connectivity index (χ2n) is 6.13. The molecule has 0 saturated carbocycles. The zero-order valence-corrected chi connectivity index (χ0v) is 14.5. The van der Waals surface area contributed by atoms with Crippen molar-refractivity contribution < 1.29 is 9.18 Å². The highest BCUT2D eigenvalue weighted by atomic mass is 32.1. The maximum atomic E-state index is 13.5. The molecule has 1 aromatic carbocycles. The molecule has 1 saturated heterocycles. The van der Waals surface area contributed by atoms with E-state index >= 15 is 0 Å². The van der Waals surface area contributed by atoms with Gasteiger partial charge in [0.1, 0.15) is 5.82 Å². The van der Waals surface area contributed by atoms with E-state index in [2.05, 4.69) is 32.7 Å². The van der Waals surface area contributed by atoms with E-state index in [1.807, 2.05) is 0 Å². The minimum absolute atomic E-state index is 0.356. The van der Waals surface area contributed by atoms with Crippen LogP contribution >= 0.6 is 11.3 Å². The summed E-state index contributed by atoms with van der Waals surface area (Å²) in [6.45, 7) is 5.82. The monoisotopic (exact) mass is 349 g/mol. The van der Waals surface area contributed by atoms with Gasteiger partial charge in [-0.15, -0.1) is 10.2 Å². The number of carbonyl (C=O) groups is 1. The molecule has 0 radical (unpaired) electrons. The van der Waals surface area contributed by atoms with Gasteiger partial charge in [-0.1, -0.05) is 24.3 Å². The fourth-order valence-corrected chi connectivity index (χ4v) is 3.46. The largest absolute Gasteiger partial charge is 0.346 e. The number of aryl methyl sites for hydroxylation is 1. The fraction of sp³-hybridized carbons (Fsp3) is 0.438. The zero-order valence-electron chi connectivity index (χ0n) is 13.7. The molecule has 3 rings (SSSR count). The van der Waals surface area contributed by atoms with Crippen LogP contribution in [-0.2, 0) is 0 Å². The van der Waals surface area contributed by atoms with E-state index in [4.69, 9.17) is 0 Å². The summed E-state index contributed by atoms with van der Waals surface area (Å²) in [5.41, 5.74) is 0.927. The first-order chi connectivity index (χ1) is 11.5. The van der Waals surface area contributed by atoms with Crippen molar-refractivity contribution in [2.24, 2.45) is 5.92 Å². The Hall–Kier alpha value is -2.22. The lowest BCUT2D eigenvalue weighted by Crippen LogP contribution is -2.34. The summed E-state index contributed by atoms with van der Waals surface area (Å²) in [7, 11) is 0. The number of halogens is 1. The number of urea groups is 1. The number of hydrogen-bond donors (Lipinski definition) is 2. The molecule has 1 aliphatic rings. The van der Waals surface area contributed by atoms with Gasteiger partial charge in [-0.05, 0) is 43.4 Å². The van der Waals surface area contributed by atoms with Crippen LogP contribution in [0, 0.1) is 18.7 Å². The van der Waals surface area contributed by atoms with E-state index in [-0.39, 0.29) is 5.82 Å². The second-order valence-corrected chi connectivity index (χ2v) is 7.08. The van der Waals surface area contributed by atoms with Gasteiger partial charge in [0, 0.05) is 18.8 Å². The molecule has 8 heteroatoms. The van der Waals surface area contributed by atoms with E-state index in [0.717, 1.165) is 24.6 Å². The first kappa shape index (κ1) is 16.6. The molecule has 0 bridgehead atoms. The Kier molecular flexibility index (Phi) is 4.94. The number of carbonyl (C=O) groups excluding carboxylic acids is 1. The van der Waals surface area contributed by atoms with Crippen LogP contribution in [0.2, 0.25) is 0 Å². The maximum Gasteiger partial charge on any atom is 0.325 e. The molecule has 1 aliphatic heterocycles. The van der Waals surface area contributed by atoms with Crippen molar-refractivity contribution in [2.45, 2.75) is 26.7 Å². The van der Waals surface area contributed by atoms with Crippen LogP contribution in [0.15, 0.2) is 18.2 Å².